The molecule has 0 spiro atoms. The molecule has 0 aliphatic rings. The van der Waals surface area contributed by atoms with E-state index in [1.807, 2.05) is 38.2 Å². The maximum atomic E-state index is 5.68. The van der Waals surface area contributed by atoms with Crippen LogP contribution >= 0.6 is 15.9 Å². The van der Waals surface area contributed by atoms with Crippen molar-refractivity contribution < 1.29 is 9.15 Å². The fraction of sp³-hybridized carbons (Fsp3) is 0.286. The zero-order valence-electron chi connectivity index (χ0n) is 10.5. The van der Waals surface area contributed by atoms with Crippen LogP contribution < -0.4 is 10.1 Å². The molecule has 0 aliphatic heterocycles. The van der Waals surface area contributed by atoms with Gasteiger partial charge in [-0.2, -0.15) is 0 Å². The fourth-order valence-corrected chi connectivity index (χ4v) is 1.91. The van der Waals surface area contributed by atoms with E-state index in [-0.39, 0.29) is 0 Å². The lowest BCUT2D eigenvalue weighted by Gasteiger charge is -2.05. The highest BCUT2D eigenvalue weighted by atomic mass is 79.9. The van der Waals surface area contributed by atoms with Crippen LogP contribution in [-0.2, 0) is 13.2 Å². The number of ether oxygens (including phenoxy) is 1. The Bertz CT molecular complexity index is 522. The number of furan rings is 1. The SMILES string of the molecule is CNCc1coc(COc2ccc(Br)c(C)c2)c1. The maximum Gasteiger partial charge on any atom is 0.146 e. The highest BCUT2D eigenvalue weighted by molar-refractivity contribution is 9.10. The molecule has 96 valence electrons. The molecule has 0 saturated carbocycles. The Morgan fingerprint density at radius 1 is 1.33 bits per heavy atom. The first-order valence-electron chi connectivity index (χ1n) is 5.79. The molecule has 4 heteroatoms. The normalized spacial score (nSPS) is 10.6. The first-order chi connectivity index (χ1) is 8.69. The predicted molar refractivity (Wildman–Crippen MR) is 74.7 cm³/mol. The number of rotatable bonds is 5. The van der Waals surface area contributed by atoms with Crippen molar-refractivity contribution >= 4 is 15.9 Å². The van der Waals surface area contributed by atoms with Crippen molar-refractivity contribution in [1.29, 1.82) is 0 Å². The Morgan fingerprint density at radius 2 is 2.17 bits per heavy atom. The molecule has 0 amide bonds. The first kappa shape index (κ1) is 13.2. The van der Waals surface area contributed by atoms with Crippen LogP contribution in [0.1, 0.15) is 16.9 Å². The number of benzene rings is 1. The zero-order valence-corrected chi connectivity index (χ0v) is 12.1. The van der Waals surface area contributed by atoms with Gasteiger partial charge in [0.15, 0.2) is 0 Å². The molecular weight excluding hydrogens is 294 g/mol. The third-order valence-corrected chi connectivity index (χ3v) is 3.49. The number of hydrogen-bond acceptors (Lipinski definition) is 3. The molecule has 0 atom stereocenters. The summed E-state index contributed by atoms with van der Waals surface area (Å²) >= 11 is 3.46. The van der Waals surface area contributed by atoms with Gasteiger partial charge >= 0.3 is 0 Å². The van der Waals surface area contributed by atoms with Gasteiger partial charge in [0.2, 0.25) is 0 Å². The number of aryl methyl sites for hydroxylation is 1. The maximum absolute atomic E-state index is 5.68. The molecule has 1 aromatic heterocycles. The molecule has 1 N–H and O–H groups in total. The van der Waals surface area contributed by atoms with Crippen molar-refractivity contribution in [2.45, 2.75) is 20.1 Å². The van der Waals surface area contributed by atoms with Crippen molar-refractivity contribution in [2.75, 3.05) is 7.05 Å². The molecule has 0 fully saturated rings. The van der Waals surface area contributed by atoms with Gasteiger partial charge in [-0.05, 0) is 43.8 Å². The zero-order chi connectivity index (χ0) is 13.0. The van der Waals surface area contributed by atoms with Gasteiger partial charge < -0.3 is 14.5 Å². The first-order valence-corrected chi connectivity index (χ1v) is 6.58. The number of halogens is 1. The average molecular weight is 310 g/mol. The van der Waals surface area contributed by atoms with Crippen LogP contribution in [0.15, 0.2) is 39.4 Å². The molecule has 1 aromatic carbocycles. The van der Waals surface area contributed by atoms with Gasteiger partial charge in [0.1, 0.15) is 18.1 Å². The Hall–Kier alpha value is -1.26. The second-order valence-electron chi connectivity index (χ2n) is 4.15. The Kier molecular flexibility index (Phi) is 4.44. The molecule has 0 aliphatic carbocycles. The highest BCUT2D eigenvalue weighted by Crippen LogP contribution is 2.22. The third-order valence-electron chi connectivity index (χ3n) is 2.60. The molecule has 2 rings (SSSR count). The van der Waals surface area contributed by atoms with E-state index in [0.717, 1.165) is 33.7 Å². The van der Waals surface area contributed by atoms with Crippen LogP contribution in [-0.4, -0.2) is 7.05 Å². The van der Waals surface area contributed by atoms with Crippen LogP contribution in [0, 0.1) is 6.92 Å². The molecule has 1 heterocycles. The summed E-state index contributed by atoms with van der Waals surface area (Å²) in [5.74, 6) is 1.68. The van der Waals surface area contributed by atoms with E-state index in [9.17, 15) is 0 Å². The van der Waals surface area contributed by atoms with Crippen LogP contribution in [0.5, 0.6) is 5.75 Å². The minimum Gasteiger partial charge on any atom is -0.486 e. The summed E-state index contributed by atoms with van der Waals surface area (Å²) in [4.78, 5) is 0. The van der Waals surface area contributed by atoms with Crippen molar-refractivity contribution in [3.8, 4) is 5.75 Å². The van der Waals surface area contributed by atoms with Crippen LogP contribution in [0.2, 0.25) is 0 Å². The minimum atomic E-state index is 0.449. The minimum absolute atomic E-state index is 0.449. The lowest BCUT2D eigenvalue weighted by atomic mass is 10.2. The van der Waals surface area contributed by atoms with Gasteiger partial charge in [0.25, 0.3) is 0 Å². The van der Waals surface area contributed by atoms with Gasteiger partial charge in [-0.3, -0.25) is 0 Å². The highest BCUT2D eigenvalue weighted by Gasteiger charge is 2.03. The lowest BCUT2D eigenvalue weighted by molar-refractivity contribution is 0.270. The largest absolute Gasteiger partial charge is 0.486 e. The van der Waals surface area contributed by atoms with Gasteiger partial charge in [-0.15, -0.1) is 0 Å². The summed E-state index contributed by atoms with van der Waals surface area (Å²) in [5.41, 5.74) is 2.28. The second kappa shape index (κ2) is 6.07. The van der Waals surface area contributed by atoms with E-state index in [4.69, 9.17) is 9.15 Å². The van der Waals surface area contributed by atoms with E-state index in [1.54, 1.807) is 6.26 Å². The van der Waals surface area contributed by atoms with Gasteiger partial charge in [-0.25, -0.2) is 0 Å². The van der Waals surface area contributed by atoms with Crippen LogP contribution in [0.4, 0.5) is 0 Å². The summed E-state index contributed by atoms with van der Waals surface area (Å²) in [6.07, 6.45) is 1.75. The third kappa shape index (κ3) is 3.37. The van der Waals surface area contributed by atoms with Crippen molar-refractivity contribution in [3.05, 3.63) is 51.9 Å². The second-order valence-corrected chi connectivity index (χ2v) is 5.01. The molecule has 18 heavy (non-hydrogen) atoms. The van der Waals surface area contributed by atoms with E-state index < -0.39 is 0 Å². The fourth-order valence-electron chi connectivity index (χ4n) is 1.66. The van der Waals surface area contributed by atoms with Crippen molar-refractivity contribution in [1.82, 2.24) is 5.32 Å². The Labute approximate surface area is 115 Å². The molecule has 0 bridgehead atoms. The monoisotopic (exact) mass is 309 g/mol. The summed E-state index contributed by atoms with van der Waals surface area (Å²) < 4.78 is 12.2. The van der Waals surface area contributed by atoms with E-state index in [2.05, 4.69) is 21.2 Å². The van der Waals surface area contributed by atoms with Gasteiger partial charge in [0.05, 0.1) is 6.26 Å². The standard InChI is InChI=1S/C14H16BrNO2/c1-10-5-12(3-4-14(10)15)18-9-13-6-11(7-16-2)8-17-13/h3-6,8,16H,7,9H2,1-2H3. The van der Waals surface area contributed by atoms with E-state index in [0.29, 0.717) is 6.61 Å². The smallest absolute Gasteiger partial charge is 0.146 e. The van der Waals surface area contributed by atoms with E-state index >= 15 is 0 Å². The lowest BCUT2D eigenvalue weighted by Crippen LogP contribution is -2.03. The molecule has 3 nitrogen and oxygen atoms in total. The van der Waals surface area contributed by atoms with Crippen molar-refractivity contribution in [2.24, 2.45) is 0 Å². The molecule has 2 aromatic rings. The Balaban J connectivity index is 1.95. The summed E-state index contributed by atoms with van der Waals surface area (Å²) in [6, 6.07) is 7.93. The number of hydrogen-bond donors (Lipinski definition) is 1. The molecule has 0 unspecified atom stereocenters. The van der Waals surface area contributed by atoms with Gasteiger partial charge in [0, 0.05) is 16.6 Å². The van der Waals surface area contributed by atoms with Gasteiger partial charge in [-0.1, -0.05) is 15.9 Å². The van der Waals surface area contributed by atoms with Crippen LogP contribution in [0.3, 0.4) is 0 Å². The molecule has 0 saturated heterocycles. The Morgan fingerprint density at radius 3 is 2.89 bits per heavy atom. The van der Waals surface area contributed by atoms with Crippen LogP contribution in [0.25, 0.3) is 0 Å². The molecular formula is C14H16BrNO2. The summed E-state index contributed by atoms with van der Waals surface area (Å²) in [5, 5.41) is 3.08. The topological polar surface area (TPSA) is 34.4 Å². The quantitative estimate of drug-likeness (QED) is 0.915. The summed E-state index contributed by atoms with van der Waals surface area (Å²) in [7, 11) is 1.91. The predicted octanol–water partition coefficient (Wildman–Crippen LogP) is 3.65. The summed E-state index contributed by atoms with van der Waals surface area (Å²) in [6.45, 7) is 3.29. The average Bonchev–Trinajstić information content (AvgIpc) is 2.79. The number of nitrogens with one attached hydrogen (secondary N) is 1. The van der Waals surface area contributed by atoms with Crippen molar-refractivity contribution in [3.63, 3.8) is 0 Å². The molecule has 0 radical (unpaired) electrons. The van der Waals surface area contributed by atoms with E-state index in [1.165, 1.54) is 0 Å².